The van der Waals surface area contributed by atoms with Crippen LogP contribution in [0.1, 0.15) is 33.6 Å². The van der Waals surface area contributed by atoms with E-state index in [4.69, 9.17) is 0 Å². The van der Waals surface area contributed by atoms with Crippen LogP contribution in [-0.4, -0.2) is 20.9 Å². The first-order valence-electron chi connectivity index (χ1n) is 5.20. The fourth-order valence-electron chi connectivity index (χ4n) is 1.59. The topological polar surface area (TPSA) is 58.5 Å². The smallest absolute Gasteiger partial charge is 0.230 e. The van der Waals surface area contributed by atoms with E-state index in [2.05, 4.69) is 9.71 Å². The Labute approximate surface area is 90.4 Å². The molecule has 0 aromatic carbocycles. The minimum absolute atomic E-state index is 0.193. The number of hydrogen-bond donors (Lipinski definition) is 1. The van der Waals surface area contributed by atoms with Gasteiger partial charge in [-0.3, -0.25) is 18.7 Å². The molecule has 0 spiro atoms. The van der Waals surface area contributed by atoms with Crippen molar-refractivity contribution in [2.24, 2.45) is 4.99 Å². The summed E-state index contributed by atoms with van der Waals surface area (Å²) in [6, 6.07) is 0. The van der Waals surface area contributed by atoms with Gasteiger partial charge >= 0.3 is 0 Å². The molecule has 0 aromatic rings. The molecule has 15 heavy (non-hydrogen) atoms. The Balaban J connectivity index is 3.13. The van der Waals surface area contributed by atoms with Crippen molar-refractivity contribution in [3.63, 3.8) is 0 Å². The molecule has 1 heterocycles. The molecule has 0 saturated heterocycles. The number of carbonyl (C=O) groups excluding carboxylic acids is 1. The number of hydrogen-bond acceptors (Lipinski definition) is 3. The van der Waals surface area contributed by atoms with Gasteiger partial charge in [-0.15, -0.1) is 0 Å². The molecule has 86 valence electrons. The molecular weight excluding hydrogens is 212 g/mol. The SMILES string of the molecule is CCC(=O)NS1(=O)(CC)C=CN=C1CC. The van der Waals surface area contributed by atoms with Crippen molar-refractivity contribution in [1.82, 2.24) is 4.72 Å². The minimum Gasteiger partial charge on any atom is -0.288 e. The summed E-state index contributed by atoms with van der Waals surface area (Å²) in [5.74, 6) is 0.188. The monoisotopic (exact) mass is 230 g/mol. The van der Waals surface area contributed by atoms with Gasteiger partial charge in [-0.05, 0) is 6.42 Å². The number of amides is 1. The van der Waals surface area contributed by atoms with Crippen LogP contribution < -0.4 is 4.72 Å². The van der Waals surface area contributed by atoms with Crippen molar-refractivity contribution in [1.29, 1.82) is 0 Å². The fourth-order valence-corrected chi connectivity index (χ4v) is 4.49. The predicted molar refractivity (Wildman–Crippen MR) is 64.0 cm³/mol. The predicted octanol–water partition coefficient (Wildman–Crippen LogP) is 1.56. The van der Waals surface area contributed by atoms with Gasteiger partial charge in [0.15, 0.2) is 0 Å². The van der Waals surface area contributed by atoms with Crippen molar-refractivity contribution >= 4 is 20.2 Å². The third kappa shape index (κ3) is 1.88. The van der Waals surface area contributed by atoms with Crippen LogP contribution in [0.25, 0.3) is 0 Å². The van der Waals surface area contributed by atoms with E-state index in [1.165, 1.54) is 6.20 Å². The average Bonchev–Trinajstić information content (AvgIpc) is 2.57. The van der Waals surface area contributed by atoms with Crippen LogP contribution in [0, 0.1) is 0 Å². The lowest BCUT2D eigenvalue weighted by Crippen LogP contribution is -2.54. The van der Waals surface area contributed by atoms with Gasteiger partial charge in [-0.1, -0.05) is 20.8 Å². The molecule has 0 unspecified atom stereocenters. The number of nitrogens with one attached hydrogen (secondary N) is 1. The Bertz CT molecular complexity index is 398. The molecule has 1 rings (SSSR count). The van der Waals surface area contributed by atoms with Crippen molar-refractivity contribution in [3.05, 3.63) is 11.6 Å². The Hall–Kier alpha value is -0.970. The summed E-state index contributed by atoms with van der Waals surface area (Å²) >= 11 is 0. The first kappa shape index (κ1) is 12.1. The van der Waals surface area contributed by atoms with E-state index in [0.29, 0.717) is 23.6 Å². The normalized spacial score (nSPS) is 23.9. The van der Waals surface area contributed by atoms with Crippen LogP contribution >= 0.6 is 0 Å². The highest BCUT2D eigenvalue weighted by atomic mass is 32.3. The molecule has 0 atom stereocenters. The standard InChI is InChI=1S/C10H18N2O2S/c1-4-9(13)12-15(14,6-3)8-7-11-10(15)5-2/h7-8H,4-6H2,1-3H3,(H,12,13,14). The van der Waals surface area contributed by atoms with Crippen molar-refractivity contribution < 1.29 is 9.00 Å². The van der Waals surface area contributed by atoms with Gasteiger partial charge in [0, 0.05) is 33.0 Å². The number of aliphatic imine (C=N–C) groups is 1. The second-order valence-corrected chi connectivity index (χ2v) is 7.38. The number of rotatable bonds is 4. The maximum absolute atomic E-state index is 12.9. The van der Waals surface area contributed by atoms with E-state index < -0.39 is 9.25 Å². The highest BCUT2D eigenvalue weighted by molar-refractivity contribution is 8.33. The summed E-state index contributed by atoms with van der Waals surface area (Å²) in [5, 5.41) is 2.15. The Kier molecular flexibility index (Phi) is 3.13. The van der Waals surface area contributed by atoms with Crippen LogP contribution in [0.5, 0.6) is 0 Å². The van der Waals surface area contributed by atoms with E-state index in [-0.39, 0.29) is 5.91 Å². The molecule has 0 saturated carbocycles. The minimum atomic E-state index is -3.31. The molecule has 4 nitrogen and oxygen atoms in total. The van der Waals surface area contributed by atoms with Gasteiger partial charge in [0.05, 0.1) is 0 Å². The molecule has 0 aromatic heterocycles. The van der Waals surface area contributed by atoms with Crippen LogP contribution in [-0.2, 0) is 14.0 Å². The number of carbonyl (C=O) groups is 1. The second-order valence-electron chi connectivity index (χ2n) is 3.50. The van der Waals surface area contributed by atoms with Crippen molar-refractivity contribution in [3.8, 4) is 0 Å². The van der Waals surface area contributed by atoms with Gasteiger partial charge in [-0.25, -0.2) is 0 Å². The molecular formula is C10H18N2O2S. The molecule has 5 heteroatoms. The highest BCUT2D eigenvalue weighted by Gasteiger charge is 2.40. The maximum Gasteiger partial charge on any atom is 0.230 e. The quantitative estimate of drug-likeness (QED) is 0.796. The lowest BCUT2D eigenvalue weighted by molar-refractivity contribution is -0.119. The average molecular weight is 230 g/mol. The van der Waals surface area contributed by atoms with Gasteiger partial charge < -0.3 is 0 Å². The van der Waals surface area contributed by atoms with Gasteiger partial charge in [0.25, 0.3) is 0 Å². The van der Waals surface area contributed by atoms with Crippen LogP contribution in [0.15, 0.2) is 16.6 Å². The zero-order valence-corrected chi connectivity index (χ0v) is 10.3. The first-order valence-corrected chi connectivity index (χ1v) is 7.40. The summed E-state index contributed by atoms with van der Waals surface area (Å²) in [7, 11) is -3.31. The molecule has 0 radical (unpaired) electrons. The summed E-state index contributed by atoms with van der Waals surface area (Å²) in [6.07, 6.45) is 2.46. The van der Waals surface area contributed by atoms with Gasteiger partial charge in [-0.2, -0.15) is 0 Å². The Morgan fingerprint density at radius 1 is 1.47 bits per heavy atom. The van der Waals surface area contributed by atoms with Gasteiger partial charge in [0.1, 0.15) is 5.04 Å². The maximum atomic E-state index is 12.9. The van der Waals surface area contributed by atoms with E-state index in [0.717, 1.165) is 0 Å². The fraction of sp³-hybridized carbons (Fsp3) is 0.600. The summed E-state index contributed by atoms with van der Waals surface area (Å²) in [5.41, 5.74) is 0. The highest BCUT2D eigenvalue weighted by Crippen LogP contribution is 2.31. The Morgan fingerprint density at radius 2 is 2.13 bits per heavy atom. The lowest BCUT2D eigenvalue weighted by Gasteiger charge is -2.37. The van der Waals surface area contributed by atoms with E-state index in [1.807, 2.05) is 13.8 Å². The molecule has 1 aliphatic rings. The van der Waals surface area contributed by atoms with Crippen molar-refractivity contribution in [2.45, 2.75) is 33.6 Å². The van der Waals surface area contributed by atoms with Gasteiger partial charge in [0.2, 0.25) is 5.91 Å². The molecule has 1 amide bonds. The molecule has 0 fully saturated rings. The van der Waals surface area contributed by atoms with E-state index in [1.54, 1.807) is 12.3 Å². The molecule has 0 aliphatic carbocycles. The zero-order valence-electron chi connectivity index (χ0n) is 9.45. The molecule has 0 bridgehead atoms. The summed E-state index contributed by atoms with van der Waals surface area (Å²) in [4.78, 5) is 15.5. The third-order valence-electron chi connectivity index (χ3n) is 2.62. The largest absolute Gasteiger partial charge is 0.288 e. The Morgan fingerprint density at radius 3 is 2.60 bits per heavy atom. The molecule has 1 N–H and O–H groups in total. The molecule has 1 aliphatic heterocycles. The van der Waals surface area contributed by atoms with E-state index >= 15 is 0 Å². The van der Waals surface area contributed by atoms with Crippen molar-refractivity contribution in [2.75, 3.05) is 5.75 Å². The third-order valence-corrected chi connectivity index (χ3v) is 6.56. The zero-order chi connectivity index (χ0) is 11.6. The van der Waals surface area contributed by atoms with Crippen LogP contribution in [0.4, 0.5) is 0 Å². The summed E-state index contributed by atoms with van der Waals surface area (Å²) in [6.45, 7) is 5.45. The van der Waals surface area contributed by atoms with E-state index in [9.17, 15) is 9.00 Å². The summed E-state index contributed by atoms with van der Waals surface area (Å²) < 4.78 is 15.6. The lowest BCUT2D eigenvalue weighted by atomic mass is 10.5. The first-order chi connectivity index (χ1) is 6.99. The second kappa shape index (κ2) is 3.89. The van der Waals surface area contributed by atoms with Crippen LogP contribution in [0.2, 0.25) is 0 Å². The van der Waals surface area contributed by atoms with Crippen LogP contribution in [0.3, 0.4) is 0 Å². The number of nitrogens with zero attached hydrogens (tertiary/aromatic N) is 1.